The minimum absolute atomic E-state index is 0. The van der Waals surface area contributed by atoms with Crippen molar-refractivity contribution in [1.29, 1.82) is 0 Å². The van der Waals surface area contributed by atoms with Gasteiger partial charge in [-0.15, -0.1) is 0 Å². The Morgan fingerprint density at radius 1 is 0.286 bits per heavy atom. The molecule has 0 unspecified atom stereocenters. The second-order valence-corrected chi connectivity index (χ2v) is 12.0. The summed E-state index contributed by atoms with van der Waals surface area (Å²) in [6.07, 6.45) is 8.50. The van der Waals surface area contributed by atoms with E-state index >= 15 is 0 Å². The van der Waals surface area contributed by atoms with Crippen LogP contribution in [0, 0.1) is 0 Å². The van der Waals surface area contributed by atoms with Gasteiger partial charge in [-0.2, -0.15) is 0 Å². The molecule has 0 fully saturated rings. The molecule has 0 saturated heterocycles. The first kappa shape index (κ1) is 30.3. The maximum atomic E-state index is 5.33. The van der Waals surface area contributed by atoms with Crippen LogP contribution >= 0.6 is 0 Å². The molecule has 0 amide bonds. The molecule has 2 N–H and O–H groups in total. The number of H-pyrrole nitrogens is 2. The fourth-order valence-electron chi connectivity index (χ4n) is 6.84. The van der Waals surface area contributed by atoms with Crippen molar-refractivity contribution in [3.8, 4) is 44.5 Å². The van der Waals surface area contributed by atoms with Crippen LogP contribution in [0.2, 0.25) is 0 Å². The zero-order valence-electron chi connectivity index (χ0n) is 26.4. The standard InChI is InChI=1S/C44H30N4.Co/c1-5-13-29(14-6-1)41-33-21-23-35(45-33)42(30-15-7-2-8-16-30)37-25-27-39(47-37)44(32-19-11-4-12-20-32)40-28-26-38(48-40)43(31-17-9-3-10-18-31)36-24-22-34(41)46-36;/h1-28,45-46H;/q;+2. The van der Waals surface area contributed by atoms with Crippen molar-refractivity contribution in [2.24, 2.45) is 0 Å². The number of fused-ring (bicyclic) bond motifs is 8. The SMILES string of the molecule is C1=Cc2nc1c(-c1ccccc1)c1nc(c(-c3ccccc3)c3ccc([nH]3)c(-c3ccccc3)c3ccc([nH]3)c2-c2ccccc2)C=C1.[Co+2]. The van der Waals surface area contributed by atoms with Gasteiger partial charge in [0.05, 0.1) is 22.8 Å². The first-order valence-electron chi connectivity index (χ1n) is 16.2. The van der Waals surface area contributed by atoms with Crippen molar-refractivity contribution in [2.75, 3.05) is 0 Å². The summed E-state index contributed by atoms with van der Waals surface area (Å²) in [5.74, 6) is 0. The molecule has 0 atom stereocenters. The minimum Gasteiger partial charge on any atom is -0.354 e. The van der Waals surface area contributed by atoms with E-state index in [1.807, 2.05) is 18.2 Å². The summed E-state index contributed by atoms with van der Waals surface area (Å²) in [7, 11) is 0. The predicted molar refractivity (Wildman–Crippen MR) is 201 cm³/mol. The van der Waals surface area contributed by atoms with Gasteiger partial charge in [0, 0.05) is 44.3 Å². The number of benzene rings is 4. The molecule has 7 aromatic rings. The quantitative estimate of drug-likeness (QED) is 0.195. The summed E-state index contributed by atoms with van der Waals surface area (Å²) in [6, 6.07) is 50.7. The minimum atomic E-state index is 0. The number of nitrogens with one attached hydrogen (secondary N) is 2. The van der Waals surface area contributed by atoms with Gasteiger partial charge in [0.15, 0.2) is 0 Å². The zero-order chi connectivity index (χ0) is 31.9. The molecule has 0 aliphatic carbocycles. The Kier molecular flexibility index (Phi) is 7.98. The summed E-state index contributed by atoms with van der Waals surface area (Å²) in [5, 5.41) is 0. The van der Waals surface area contributed by atoms with E-state index in [2.05, 4.69) is 162 Å². The van der Waals surface area contributed by atoms with Crippen LogP contribution < -0.4 is 0 Å². The van der Waals surface area contributed by atoms with E-state index in [0.717, 1.165) is 89.4 Å². The van der Waals surface area contributed by atoms with Crippen molar-refractivity contribution < 1.29 is 16.8 Å². The molecule has 0 saturated carbocycles. The number of aromatic amines is 2. The van der Waals surface area contributed by atoms with Gasteiger partial charge in [-0.25, -0.2) is 9.97 Å². The smallest absolute Gasteiger partial charge is 0.354 e. The summed E-state index contributed by atoms with van der Waals surface area (Å²) in [6.45, 7) is 0. The Labute approximate surface area is 294 Å². The van der Waals surface area contributed by atoms with Crippen molar-refractivity contribution in [2.45, 2.75) is 0 Å². The maximum Gasteiger partial charge on any atom is 2.00 e. The molecule has 2 aliphatic rings. The normalized spacial score (nSPS) is 11.8. The van der Waals surface area contributed by atoms with Gasteiger partial charge < -0.3 is 9.97 Å². The fraction of sp³-hybridized carbons (Fsp3) is 0. The summed E-state index contributed by atoms with van der Waals surface area (Å²) < 4.78 is 0. The van der Waals surface area contributed by atoms with E-state index in [-0.39, 0.29) is 16.8 Å². The monoisotopic (exact) mass is 673 g/mol. The van der Waals surface area contributed by atoms with Crippen LogP contribution in [-0.2, 0) is 16.8 Å². The van der Waals surface area contributed by atoms with Crippen LogP contribution in [0.25, 0.3) is 90.9 Å². The van der Waals surface area contributed by atoms with Gasteiger partial charge in [0.1, 0.15) is 0 Å². The molecule has 3 aromatic heterocycles. The van der Waals surface area contributed by atoms with Gasteiger partial charge >= 0.3 is 16.8 Å². The first-order valence-corrected chi connectivity index (χ1v) is 16.2. The van der Waals surface area contributed by atoms with Crippen LogP contribution in [-0.4, -0.2) is 19.9 Å². The molecule has 49 heavy (non-hydrogen) atoms. The van der Waals surface area contributed by atoms with E-state index in [1.54, 1.807) is 0 Å². The Hall–Kier alpha value is -6.01. The van der Waals surface area contributed by atoms with E-state index in [1.165, 1.54) is 0 Å². The van der Waals surface area contributed by atoms with Gasteiger partial charge in [-0.1, -0.05) is 121 Å². The van der Waals surface area contributed by atoms with E-state index < -0.39 is 0 Å². The molecule has 4 aromatic carbocycles. The molecule has 0 spiro atoms. The number of hydrogen-bond donors (Lipinski definition) is 2. The van der Waals surface area contributed by atoms with Gasteiger partial charge in [-0.3, -0.25) is 0 Å². The molecule has 233 valence electrons. The molecule has 8 bridgehead atoms. The molecule has 9 rings (SSSR count). The number of rotatable bonds is 4. The van der Waals surface area contributed by atoms with Gasteiger partial charge in [0.2, 0.25) is 0 Å². The maximum absolute atomic E-state index is 5.33. The molecular weight excluding hydrogens is 643 g/mol. The Morgan fingerprint density at radius 2 is 0.551 bits per heavy atom. The van der Waals surface area contributed by atoms with Crippen LogP contribution in [0.3, 0.4) is 0 Å². The topological polar surface area (TPSA) is 57.4 Å². The van der Waals surface area contributed by atoms with Crippen LogP contribution in [0.1, 0.15) is 22.8 Å². The summed E-state index contributed by atoms with van der Waals surface area (Å²) >= 11 is 0. The molecule has 5 heterocycles. The molecule has 4 nitrogen and oxygen atoms in total. The van der Waals surface area contributed by atoms with Gasteiger partial charge in [0.25, 0.3) is 0 Å². The second kappa shape index (κ2) is 12.9. The molecule has 2 aliphatic heterocycles. The average molecular weight is 674 g/mol. The largest absolute Gasteiger partial charge is 2.00 e. The number of aromatic nitrogens is 4. The molecule has 5 heteroatoms. The van der Waals surface area contributed by atoms with Gasteiger partial charge in [-0.05, 0) is 70.8 Å². The predicted octanol–water partition coefficient (Wildman–Crippen LogP) is 11.3. The van der Waals surface area contributed by atoms with Crippen molar-refractivity contribution in [3.63, 3.8) is 0 Å². The summed E-state index contributed by atoms with van der Waals surface area (Å²) in [5.41, 5.74) is 16.2. The molecule has 1 radical (unpaired) electrons. The third-order valence-corrected chi connectivity index (χ3v) is 9.00. The summed E-state index contributed by atoms with van der Waals surface area (Å²) in [4.78, 5) is 18.3. The number of hydrogen-bond acceptors (Lipinski definition) is 2. The average Bonchev–Trinajstić information content (AvgIpc) is 3.98. The third kappa shape index (κ3) is 5.55. The Balaban J connectivity index is 0.00000348. The second-order valence-electron chi connectivity index (χ2n) is 12.0. The van der Waals surface area contributed by atoms with E-state index in [4.69, 9.17) is 9.97 Å². The first-order chi connectivity index (χ1) is 23.8. The van der Waals surface area contributed by atoms with Crippen molar-refractivity contribution in [1.82, 2.24) is 19.9 Å². The van der Waals surface area contributed by atoms with Crippen molar-refractivity contribution >= 4 is 46.4 Å². The van der Waals surface area contributed by atoms with E-state index in [9.17, 15) is 0 Å². The van der Waals surface area contributed by atoms with Crippen LogP contribution in [0.4, 0.5) is 0 Å². The fourth-order valence-corrected chi connectivity index (χ4v) is 6.84. The van der Waals surface area contributed by atoms with Crippen molar-refractivity contribution in [3.05, 3.63) is 168 Å². The number of nitrogens with zero attached hydrogens (tertiary/aromatic N) is 2. The Bertz CT molecular complexity index is 2390. The molecular formula is C44H30CoN4+2. The zero-order valence-corrected chi connectivity index (χ0v) is 27.4. The van der Waals surface area contributed by atoms with Crippen LogP contribution in [0.5, 0.6) is 0 Å². The Morgan fingerprint density at radius 3 is 0.898 bits per heavy atom. The third-order valence-electron chi connectivity index (χ3n) is 9.00. The van der Waals surface area contributed by atoms with E-state index in [0.29, 0.717) is 0 Å². The van der Waals surface area contributed by atoms with Crippen LogP contribution in [0.15, 0.2) is 146 Å².